The number of aromatic nitrogens is 4. The van der Waals surface area contributed by atoms with Crippen molar-refractivity contribution >= 4 is 17.0 Å². The Kier molecular flexibility index (Phi) is 8.40. The number of anilines is 1. The number of allylic oxidation sites excluding steroid dienone is 7. The van der Waals surface area contributed by atoms with Gasteiger partial charge in [-0.3, -0.25) is 0 Å². The van der Waals surface area contributed by atoms with E-state index >= 15 is 0 Å². The maximum Gasteiger partial charge on any atom is 0.291 e. The van der Waals surface area contributed by atoms with E-state index in [1.54, 1.807) is 18.5 Å². The molecule has 0 atom stereocenters. The van der Waals surface area contributed by atoms with Crippen molar-refractivity contribution in [2.75, 3.05) is 19.0 Å². The Morgan fingerprint density at radius 2 is 1.89 bits per heavy atom. The van der Waals surface area contributed by atoms with E-state index in [-0.39, 0.29) is 17.1 Å². The molecule has 2 aromatic heterocycles. The van der Waals surface area contributed by atoms with Crippen LogP contribution in [0.1, 0.15) is 32.3 Å². The van der Waals surface area contributed by atoms with Gasteiger partial charge in [0.25, 0.3) is 5.92 Å². The lowest BCUT2D eigenvalue weighted by molar-refractivity contribution is 0.0997. The summed E-state index contributed by atoms with van der Waals surface area (Å²) in [6.45, 7) is 3.80. The average molecular weight is 524 g/mol. The van der Waals surface area contributed by atoms with Gasteiger partial charge >= 0.3 is 0 Å². The van der Waals surface area contributed by atoms with Crippen molar-refractivity contribution in [3.8, 4) is 5.75 Å². The fourth-order valence-electron chi connectivity index (χ4n) is 3.97. The number of benzene rings is 1. The van der Waals surface area contributed by atoms with Gasteiger partial charge < -0.3 is 14.8 Å². The molecule has 0 aliphatic heterocycles. The summed E-state index contributed by atoms with van der Waals surface area (Å²) in [5.74, 6) is -2.71. The first-order valence-corrected chi connectivity index (χ1v) is 12.1. The van der Waals surface area contributed by atoms with Crippen LogP contribution in [0.2, 0.25) is 0 Å². The van der Waals surface area contributed by atoms with E-state index in [1.807, 2.05) is 6.92 Å². The van der Waals surface area contributed by atoms with E-state index in [4.69, 9.17) is 9.47 Å². The lowest BCUT2D eigenvalue weighted by Gasteiger charge is -2.20. The average Bonchev–Trinajstić information content (AvgIpc) is 2.89. The first kappa shape index (κ1) is 26.8. The fourth-order valence-corrected chi connectivity index (χ4v) is 3.97. The number of nitrogens with one attached hydrogen (secondary N) is 1. The molecule has 0 saturated heterocycles. The van der Waals surface area contributed by atoms with E-state index in [9.17, 15) is 13.2 Å². The minimum absolute atomic E-state index is 0.0344. The molecule has 7 nitrogen and oxygen atoms in total. The topological polar surface area (TPSA) is 82.0 Å². The van der Waals surface area contributed by atoms with Crippen LogP contribution < -0.4 is 10.1 Å². The number of alkyl halides is 2. The smallest absolute Gasteiger partial charge is 0.291 e. The molecule has 0 unspecified atom stereocenters. The molecule has 0 fully saturated rings. The molecule has 3 aromatic rings. The molecule has 1 aromatic carbocycles. The largest absolute Gasteiger partial charge is 0.497 e. The van der Waals surface area contributed by atoms with E-state index in [0.717, 1.165) is 17.2 Å². The lowest BCUT2D eigenvalue weighted by atomic mass is 9.99. The number of halogens is 3. The van der Waals surface area contributed by atoms with Crippen LogP contribution in [0.3, 0.4) is 0 Å². The predicted octanol–water partition coefficient (Wildman–Crippen LogP) is 6.33. The van der Waals surface area contributed by atoms with Crippen LogP contribution in [0.4, 0.5) is 19.0 Å². The molecule has 1 N–H and O–H groups in total. The summed E-state index contributed by atoms with van der Waals surface area (Å²) < 4.78 is 55.7. The molecule has 0 saturated carbocycles. The third kappa shape index (κ3) is 6.37. The Labute approximate surface area is 218 Å². The van der Waals surface area contributed by atoms with Gasteiger partial charge in [-0.25, -0.2) is 24.3 Å². The number of nitrogens with zero attached hydrogens (tertiary/aromatic N) is 4. The van der Waals surface area contributed by atoms with Crippen LogP contribution in [0.15, 0.2) is 83.9 Å². The van der Waals surface area contributed by atoms with Crippen LogP contribution in [-0.2, 0) is 11.2 Å². The molecular formula is C28H28F3N5O2. The van der Waals surface area contributed by atoms with E-state index in [2.05, 4.69) is 25.3 Å². The Balaban J connectivity index is 1.48. The summed E-state index contributed by atoms with van der Waals surface area (Å²) in [5, 5.41) is 3.18. The van der Waals surface area contributed by atoms with Crippen molar-refractivity contribution in [2.45, 2.75) is 39.0 Å². The molecule has 0 spiro atoms. The SMILES string of the molecule is CC=CC(F)(F)C1=CC(OC)=C(C)CCC(Oc2ccc(CCNc3ncnc4nccnc34)cc2F)=C1. The first-order chi connectivity index (χ1) is 18.3. The predicted molar refractivity (Wildman–Crippen MR) is 139 cm³/mol. The molecule has 1 aliphatic carbocycles. The van der Waals surface area contributed by atoms with Crippen molar-refractivity contribution in [2.24, 2.45) is 0 Å². The number of hydrogen-bond acceptors (Lipinski definition) is 7. The highest BCUT2D eigenvalue weighted by atomic mass is 19.3. The van der Waals surface area contributed by atoms with Crippen LogP contribution in [0, 0.1) is 5.82 Å². The van der Waals surface area contributed by atoms with Crippen LogP contribution >= 0.6 is 0 Å². The zero-order chi connectivity index (χ0) is 27.1. The van der Waals surface area contributed by atoms with Gasteiger partial charge in [-0.1, -0.05) is 12.1 Å². The maximum absolute atomic E-state index is 15.0. The first-order valence-electron chi connectivity index (χ1n) is 12.1. The Hall–Kier alpha value is -4.21. The van der Waals surface area contributed by atoms with Crippen LogP contribution in [-0.4, -0.2) is 39.5 Å². The number of rotatable bonds is 9. The molecular weight excluding hydrogens is 495 g/mol. The third-order valence-corrected chi connectivity index (χ3v) is 5.96. The Morgan fingerprint density at radius 1 is 1.08 bits per heavy atom. The van der Waals surface area contributed by atoms with Crippen LogP contribution in [0.25, 0.3) is 11.2 Å². The minimum Gasteiger partial charge on any atom is -0.497 e. The molecule has 1 aliphatic rings. The summed E-state index contributed by atoms with van der Waals surface area (Å²) in [4.78, 5) is 16.7. The number of ether oxygens (including phenoxy) is 2. The summed E-state index contributed by atoms with van der Waals surface area (Å²) in [5.41, 5.74) is 2.25. The van der Waals surface area contributed by atoms with Crippen molar-refractivity contribution < 1.29 is 22.6 Å². The molecule has 38 heavy (non-hydrogen) atoms. The summed E-state index contributed by atoms with van der Waals surface area (Å²) >= 11 is 0. The second kappa shape index (κ2) is 11.9. The van der Waals surface area contributed by atoms with Gasteiger partial charge in [-0.15, -0.1) is 0 Å². The minimum atomic E-state index is -3.25. The molecule has 2 heterocycles. The molecule has 4 rings (SSSR count). The molecule has 10 heteroatoms. The van der Waals surface area contributed by atoms with Gasteiger partial charge in [0.05, 0.1) is 7.11 Å². The normalized spacial score (nSPS) is 14.7. The van der Waals surface area contributed by atoms with Crippen molar-refractivity contribution in [3.05, 3.63) is 95.3 Å². The van der Waals surface area contributed by atoms with Gasteiger partial charge in [0, 0.05) is 30.9 Å². The number of fused-ring (bicyclic) bond motifs is 1. The van der Waals surface area contributed by atoms with Crippen molar-refractivity contribution in [3.63, 3.8) is 0 Å². The van der Waals surface area contributed by atoms with E-state index < -0.39 is 11.7 Å². The van der Waals surface area contributed by atoms with Crippen molar-refractivity contribution in [1.82, 2.24) is 19.9 Å². The highest BCUT2D eigenvalue weighted by Gasteiger charge is 2.31. The monoisotopic (exact) mass is 523 g/mol. The number of hydrogen-bond donors (Lipinski definition) is 1. The van der Waals surface area contributed by atoms with Gasteiger partial charge in [0.1, 0.15) is 23.4 Å². The Bertz CT molecular complexity index is 1430. The zero-order valence-electron chi connectivity index (χ0n) is 21.3. The van der Waals surface area contributed by atoms with Gasteiger partial charge in [0.15, 0.2) is 23.0 Å². The molecule has 0 amide bonds. The Morgan fingerprint density at radius 3 is 2.66 bits per heavy atom. The molecule has 198 valence electrons. The summed E-state index contributed by atoms with van der Waals surface area (Å²) in [6.07, 6.45) is 10.5. The van der Waals surface area contributed by atoms with Gasteiger partial charge in [-0.2, -0.15) is 8.78 Å². The summed E-state index contributed by atoms with van der Waals surface area (Å²) in [6, 6.07) is 4.62. The van der Waals surface area contributed by atoms with E-state index in [0.29, 0.717) is 48.5 Å². The quantitative estimate of drug-likeness (QED) is 0.328. The highest BCUT2D eigenvalue weighted by Crippen LogP contribution is 2.34. The fraction of sp³-hybridized carbons (Fsp3) is 0.286. The molecule has 0 bridgehead atoms. The lowest BCUT2D eigenvalue weighted by Crippen LogP contribution is -2.17. The standard InChI is InChI=1S/C28H28F3N5O2/c1-4-10-28(30,31)20-15-21(7-5-18(2)24(16-20)37-3)38-23-8-6-19(14-22(23)29)9-11-33-26-25-27(36-17-35-26)34-13-12-32-25/h4,6,8,10,12-17H,5,7,9,11H2,1-3H3,(H,33,34,35,36). The second-order valence-electron chi connectivity index (χ2n) is 8.68. The van der Waals surface area contributed by atoms with Crippen molar-refractivity contribution in [1.29, 1.82) is 0 Å². The molecule has 0 radical (unpaired) electrons. The van der Waals surface area contributed by atoms with Crippen LogP contribution in [0.5, 0.6) is 5.75 Å². The third-order valence-electron chi connectivity index (χ3n) is 5.96. The highest BCUT2D eigenvalue weighted by molar-refractivity contribution is 5.81. The number of methoxy groups -OCH3 is 1. The summed E-state index contributed by atoms with van der Waals surface area (Å²) in [7, 11) is 1.44. The second-order valence-corrected chi connectivity index (χ2v) is 8.68. The maximum atomic E-state index is 15.0. The van der Waals surface area contributed by atoms with E-state index in [1.165, 1.54) is 50.7 Å². The zero-order valence-corrected chi connectivity index (χ0v) is 21.3. The van der Waals surface area contributed by atoms with Gasteiger partial charge in [0.2, 0.25) is 0 Å². The van der Waals surface area contributed by atoms with Gasteiger partial charge in [-0.05, 0) is 68.2 Å².